The van der Waals surface area contributed by atoms with Gasteiger partial charge in [-0.25, -0.2) is 10.1 Å². The molecule has 3 aliphatic heterocycles. The Kier molecular flexibility index (Phi) is 8.45. The van der Waals surface area contributed by atoms with Crippen molar-refractivity contribution in [2.45, 2.75) is 51.4 Å². The van der Waals surface area contributed by atoms with Gasteiger partial charge in [-0.2, -0.15) is 0 Å². The molecule has 0 atom stereocenters. The maximum Gasteiger partial charge on any atom is 0.300 e. The van der Waals surface area contributed by atoms with Crippen LogP contribution in [-0.2, 0) is 0 Å². The largest absolute Gasteiger partial charge is 0.379 e. The molecule has 0 amide bonds. The molecule has 6 nitrogen and oxygen atoms in total. The van der Waals surface area contributed by atoms with E-state index < -0.39 is 0 Å². The summed E-state index contributed by atoms with van der Waals surface area (Å²) in [6.07, 6.45) is 10.3. The second-order valence-electron chi connectivity index (χ2n) is 8.54. The quantitative estimate of drug-likeness (QED) is 0.540. The van der Waals surface area contributed by atoms with Gasteiger partial charge in [0.05, 0.1) is 12.6 Å². The summed E-state index contributed by atoms with van der Waals surface area (Å²) in [5.74, 6) is 1.52. The molecule has 3 aliphatic rings. The molecule has 0 radical (unpaired) electrons. The van der Waals surface area contributed by atoms with Gasteiger partial charge in [0, 0.05) is 32.7 Å². The zero-order valence-electron chi connectivity index (χ0n) is 17.3. The van der Waals surface area contributed by atoms with E-state index >= 15 is 0 Å². The first kappa shape index (κ1) is 21.0. The van der Waals surface area contributed by atoms with Crippen LogP contribution in [-0.4, -0.2) is 73.6 Å². The Hall–Kier alpha value is -1.76. The topological polar surface area (TPSA) is 49.9 Å². The number of nitrogens with one attached hydrogen (secondary N) is 1. The number of hydrogen-bond acceptors (Lipinski definition) is 5. The predicted molar refractivity (Wildman–Crippen MR) is 112 cm³/mol. The van der Waals surface area contributed by atoms with Crippen LogP contribution in [0.5, 0.6) is 0 Å². The smallest absolute Gasteiger partial charge is 0.300 e. The first-order chi connectivity index (χ1) is 13.8. The van der Waals surface area contributed by atoms with Crippen molar-refractivity contribution in [2.75, 3.05) is 58.9 Å². The summed E-state index contributed by atoms with van der Waals surface area (Å²) in [6, 6.07) is 2.11. The first-order valence-corrected chi connectivity index (χ1v) is 11.3. The van der Waals surface area contributed by atoms with Crippen LogP contribution in [0, 0.1) is 23.8 Å². The molecule has 28 heavy (non-hydrogen) atoms. The van der Waals surface area contributed by atoms with Crippen molar-refractivity contribution in [3.8, 4) is 6.07 Å². The predicted octanol–water partition coefficient (Wildman–Crippen LogP) is 2.87. The first-order valence-electron chi connectivity index (χ1n) is 11.3. The van der Waals surface area contributed by atoms with Crippen LogP contribution in [0.15, 0.2) is 11.5 Å². The van der Waals surface area contributed by atoms with Crippen LogP contribution in [0.4, 0.5) is 0 Å². The minimum atomic E-state index is 0.216. The van der Waals surface area contributed by atoms with Gasteiger partial charge in [0.15, 0.2) is 0 Å². The minimum Gasteiger partial charge on any atom is -0.379 e. The van der Waals surface area contributed by atoms with Crippen molar-refractivity contribution >= 4 is 0 Å². The molecule has 0 saturated carbocycles. The van der Waals surface area contributed by atoms with E-state index in [4.69, 9.17) is 6.57 Å². The molecule has 0 aromatic rings. The normalized spacial score (nSPS) is 23.6. The van der Waals surface area contributed by atoms with E-state index in [0.29, 0.717) is 0 Å². The number of likely N-dealkylation sites (tertiary alicyclic amines) is 3. The highest BCUT2D eigenvalue weighted by Gasteiger charge is 2.25. The molecule has 0 aromatic carbocycles. The van der Waals surface area contributed by atoms with Crippen molar-refractivity contribution in [3.05, 3.63) is 22.9 Å². The molecule has 154 valence electrons. The molecular formula is C22H36N6. The zero-order valence-corrected chi connectivity index (χ0v) is 17.3. The zero-order chi connectivity index (χ0) is 19.6. The third-order valence-electron chi connectivity index (χ3n) is 6.51. The van der Waals surface area contributed by atoms with Gasteiger partial charge in [-0.3, -0.25) is 0 Å². The average Bonchev–Trinajstić information content (AvgIpc) is 2.75. The number of nitrogens with zero attached hydrogens (tertiary/aromatic N) is 5. The van der Waals surface area contributed by atoms with Crippen LogP contribution in [0.3, 0.4) is 0 Å². The van der Waals surface area contributed by atoms with Gasteiger partial charge in [0.2, 0.25) is 0 Å². The van der Waals surface area contributed by atoms with Gasteiger partial charge in [-0.15, -0.1) is 0 Å². The maximum absolute atomic E-state index is 9.44. The second-order valence-corrected chi connectivity index (χ2v) is 8.54. The third-order valence-corrected chi connectivity index (χ3v) is 6.51. The van der Waals surface area contributed by atoms with E-state index in [1.807, 2.05) is 0 Å². The lowest BCUT2D eigenvalue weighted by molar-refractivity contribution is 0.143. The van der Waals surface area contributed by atoms with Crippen LogP contribution in [0.1, 0.15) is 51.4 Å². The number of allylic oxidation sites excluding steroid dienone is 1. The molecule has 3 heterocycles. The van der Waals surface area contributed by atoms with Crippen LogP contribution in [0.2, 0.25) is 0 Å². The molecule has 3 fully saturated rings. The lowest BCUT2D eigenvalue weighted by Crippen LogP contribution is -2.44. The molecule has 3 saturated heterocycles. The molecule has 3 rings (SSSR count). The van der Waals surface area contributed by atoms with E-state index in [1.54, 1.807) is 0 Å². The molecule has 0 bridgehead atoms. The molecule has 0 aromatic heterocycles. The van der Waals surface area contributed by atoms with Crippen molar-refractivity contribution in [1.82, 2.24) is 20.0 Å². The number of rotatable bonds is 7. The van der Waals surface area contributed by atoms with Crippen molar-refractivity contribution in [2.24, 2.45) is 5.92 Å². The Morgan fingerprint density at radius 1 is 0.929 bits per heavy atom. The SMILES string of the molecule is [C-]#[N+]/C(C#N)=C(\NCCN1CCCCC1)N1CCC(CN2CCCCC2)CC1. The molecular weight excluding hydrogens is 348 g/mol. The lowest BCUT2D eigenvalue weighted by Gasteiger charge is -2.38. The van der Waals surface area contributed by atoms with Crippen molar-refractivity contribution < 1.29 is 0 Å². The van der Waals surface area contributed by atoms with E-state index in [9.17, 15) is 5.26 Å². The van der Waals surface area contributed by atoms with E-state index in [2.05, 4.69) is 30.9 Å². The minimum absolute atomic E-state index is 0.216. The molecule has 1 N–H and O–H groups in total. The highest BCUT2D eigenvalue weighted by atomic mass is 15.3. The molecule has 0 unspecified atom stereocenters. The highest BCUT2D eigenvalue weighted by molar-refractivity contribution is 5.32. The summed E-state index contributed by atoms with van der Waals surface area (Å²) >= 11 is 0. The van der Waals surface area contributed by atoms with Gasteiger partial charge < -0.3 is 20.0 Å². The van der Waals surface area contributed by atoms with Crippen molar-refractivity contribution in [3.63, 3.8) is 0 Å². The molecule has 0 spiro atoms. The number of nitriles is 1. The van der Waals surface area contributed by atoms with Crippen LogP contribution < -0.4 is 5.32 Å². The summed E-state index contributed by atoms with van der Waals surface area (Å²) in [7, 11) is 0. The van der Waals surface area contributed by atoms with Gasteiger partial charge in [-0.05, 0) is 70.6 Å². The van der Waals surface area contributed by atoms with Crippen LogP contribution in [0.25, 0.3) is 4.85 Å². The lowest BCUT2D eigenvalue weighted by atomic mass is 9.95. The molecule has 0 aliphatic carbocycles. The summed E-state index contributed by atoms with van der Waals surface area (Å²) in [6.45, 7) is 17.2. The number of hydrogen-bond donors (Lipinski definition) is 1. The average molecular weight is 385 g/mol. The van der Waals surface area contributed by atoms with Crippen LogP contribution >= 0.6 is 0 Å². The fourth-order valence-corrected chi connectivity index (χ4v) is 4.84. The fraction of sp³-hybridized carbons (Fsp3) is 0.818. The van der Waals surface area contributed by atoms with Gasteiger partial charge >= 0.3 is 0 Å². The summed E-state index contributed by atoms with van der Waals surface area (Å²) in [5, 5.41) is 12.9. The van der Waals surface area contributed by atoms with Gasteiger partial charge in [0.1, 0.15) is 5.82 Å². The molecule has 6 heteroatoms. The van der Waals surface area contributed by atoms with E-state index in [-0.39, 0.29) is 5.70 Å². The Morgan fingerprint density at radius 2 is 1.54 bits per heavy atom. The Morgan fingerprint density at radius 3 is 2.11 bits per heavy atom. The van der Waals surface area contributed by atoms with E-state index in [1.165, 1.54) is 71.2 Å². The summed E-state index contributed by atoms with van der Waals surface area (Å²) < 4.78 is 0. The standard InChI is InChI=1S/C22H36N6/c1-24-21(18-23)22(25-10-17-26-11-4-2-5-12-26)28-15-8-20(9-16-28)19-27-13-6-3-7-14-27/h20,25H,2-17,19H2/b22-21+. The third kappa shape index (κ3) is 6.12. The fourth-order valence-electron chi connectivity index (χ4n) is 4.84. The Labute approximate surface area is 171 Å². The Balaban J connectivity index is 1.49. The summed E-state index contributed by atoms with van der Waals surface area (Å²) in [5.41, 5.74) is 0.216. The maximum atomic E-state index is 9.44. The monoisotopic (exact) mass is 384 g/mol. The van der Waals surface area contributed by atoms with Gasteiger partial charge in [-0.1, -0.05) is 12.8 Å². The second kappa shape index (κ2) is 11.3. The van der Waals surface area contributed by atoms with Gasteiger partial charge in [0.25, 0.3) is 5.70 Å². The number of piperidine rings is 3. The van der Waals surface area contributed by atoms with Crippen molar-refractivity contribution in [1.29, 1.82) is 5.26 Å². The Bertz CT molecular complexity index is 565. The highest BCUT2D eigenvalue weighted by Crippen LogP contribution is 2.23. The summed E-state index contributed by atoms with van der Waals surface area (Å²) in [4.78, 5) is 10.9. The van der Waals surface area contributed by atoms with E-state index in [0.717, 1.165) is 50.8 Å².